The quantitative estimate of drug-likeness (QED) is 0.682. The van der Waals surface area contributed by atoms with Crippen LogP contribution in [-0.2, 0) is 20.4 Å². The highest BCUT2D eigenvalue weighted by atomic mass is 16.5. The SMILES string of the molecule is COC(=O)[C@]1(c2ccccn2)CC1(c1ccccc1)c1ccccc1. The first-order valence-electron chi connectivity index (χ1n) is 8.37. The minimum Gasteiger partial charge on any atom is -0.468 e. The summed E-state index contributed by atoms with van der Waals surface area (Å²) in [6.07, 6.45) is 2.39. The van der Waals surface area contributed by atoms with Gasteiger partial charge in [-0.3, -0.25) is 9.78 Å². The number of hydrogen-bond donors (Lipinski definition) is 0. The van der Waals surface area contributed by atoms with Crippen LogP contribution in [0.2, 0.25) is 0 Å². The van der Waals surface area contributed by atoms with Crippen LogP contribution in [0, 0.1) is 0 Å². The lowest BCUT2D eigenvalue weighted by molar-refractivity contribution is -0.144. The topological polar surface area (TPSA) is 39.2 Å². The van der Waals surface area contributed by atoms with Crippen LogP contribution in [0.1, 0.15) is 23.2 Å². The van der Waals surface area contributed by atoms with E-state index in [4.69, 9.17) is 4.74 Å². The van der Waals surface area contributed by atoms with Crippen molar-refractivity contribution in [3.05, 3.63) is 102 Å². The summed E-state index contributed by atoms with van der Waals surface area (Å²) in [6.45, 7) is 0. The van der Waals surface area contributed by atoms with Gasteiger partial charge in [-0.2, -0.15) is 0 Å². The average Bonchev–Trinajstić information content (AvgIpc) is 3.42. The Morgan fingerprint density at radius 3 is 1.92 bits per heavy atom. The van der Waals surface area contributed by atoms with E-state index >= 15 is 0 Å². The van der Waals surface area contributed by atoms with Crippen molar-refractivity contribution in [2.75, 3.05) is 7.11 Å². The summed E-state index contributed by atoms with van der Waals surface area (Å²) < 4.78 is 5.25. The van der Waals surface area contributed by atoms with Gasteiger partial charge in [0.2, 0.25) is 0 Å². The monoisotopic (exact) mass is 329 g/mol. The predicted octanol–water partition coefficient (Wildman–Crippen LogP) is 3.88. The van der Waals surface area contributed by atoms with E-state index in [9.17, 15) is 4.79 Å². The Bertz CT molecular complexity index is 838. The van der Waals surface area contributed by atoms with Gasteiger partial charge in [0, 0.05) is 11.6 Å². The summed E-state index contributed by atoms with van der Waals surface area (Å²) in [5.41, 5.74) is 1.71. The Morgan fingerprint density at radius 2 is 1.44 bits per heavy atom. The highest BCUT2D eigenvalue weighted by Crippen LogP contribution is 2.68. The fourth-order valence-electron chi connectivity index (χ4n) is 4.11. The molecule has 1 aliphatic carbocycles. The Kier molecular flexibility index (Phi) is 3.65. The molecule has 4 rings (SSSR count). The van der Waals surface area contributed by atoms with Gasteiger partial charge in [-0.15, -0.1) is 0 Å². The summed E-state index contributed by atoms with van der Waals surface area (Å²) in [5.74, 6) is -0.237. The van der Waals surface area contributed by atoms with E-state index in [0.717, 1.165) is 16.8 Å². The predicted molar refractivity (Wildman–Crippen MR) is 96.2 cm³/mol. The number of carbonyl (C=O) groups is 1. The number of rotatable bonds is 4. The van der Waals surface area contributed by atoms with Crippen molar-refractivity contribution in [3.63, 3.8) is 0 Å². The number of nitrogens with zero attached hydrogens (tertiary/aromatic N) is 1. The number of carbonyl (C=O) groups excluding carboxylic acids is 1. The Balaban J connectivity index is 1.99. The molecule has 0 unspecified atom stereocenters. The molecule has 25 heavy (non-hydrogen) atoms. The summed E-state index contributed by atoms with van der Waals surface area (Å²) >= 11 is 0. The van der Waals surface area contributed by atoms with E-state index in [-0.39, 0.29) is 5.97 Å². The Labute approximate surface area is 147 Å². The lowest BCUT2D eigenvalue weighted by atomic mass is 9.78. The third-order valence-electron chi connectivity index (χ3n) is 5.30. The summed E-state index contributed by atoms with van der Waals surface area (Å²) in [5, 5.41) is 0. The minimum atomic E-state index is -0.800. The van der Waals surface area contributed by atoms with Crippen LogP contribution >= 0.6 is 0 Å². The smallest absolute Gasteiger partial charge is 0.319 e. The minimum absolute atomic E-state index is 0.237. The molecule has 1 saturated carbocycles. The maximum Gasteiger partial charge on any atom is 0.319 e. The maximum atomic E-state index is 13.0. The Morgan fingerprint density at radius 1 is 0.880 bits per heavy atom. The fourth-order valence-corrected chi connectivity index (χ4v) is 4.11. The normalized spacial score (nSPS) is 20.7. The van der Waals surface area contributed by atoms with E-state index in [1.54, 1.807) is 6.20 Å². The van der Waals surface area contributed by atoms with Crippen LogP contribution in [0.4, 0.5) is 0 Å². The third-order valence-corrected chi connectivity index (χ3v) is 5.30. The molecule has 0 spiro atoms. The zero-order valence-electron chi connectivity index (χ0n) is 14.1. The van der Waals surface area contributed by atoms with Crippen molar-refractivity contribution in [2.24, 2.45) is 0 Å². The lowest BCUT2D eigenvalue weighted by Gasteiger charge is -2.25. The van der Waals surface area contributed by atoms with Gasteiger partial charge in [0.05, 0.1) is 12.8 Å². The number of aromatic nitrogens is 1. The Hall–Kier alpha value is -2.94. The molecule has 0 aliphatic heterocycles. The molecule has 0 bridgehead atoms. The summed E-state index contributed by atoms with van der Waals surface area (Å²) in [7, 11) is 1.45. The molecule has 1 fully saturated rings. The fraction of sp³-hybridized carbons (Fsp3) is 0.182. The van der Waals surface area contributed by atoms with Gasteiger partial charge >= 0.3 is 5.97 Å². The van der Waals surface area contributed by atoms with Gasteiger partial charge < -0.3 is 4.74 Å². The molecular formula is C22H19NO2. The van der Waals surface area contributed by atoms with Gasteiger partial charge in [0.1, 0.15) is 5.41 Å². The molecular weight excluding hydrogens is 310 g/mol. The van der Waals surface area contributed by atoms with Gasteiger partial charge in [-0.1, -0.05) is 66.7 Å². The number of pyridine rings is 1. The van der Waals surface area contributed by atoms with Crippen molar-refractivity contribution in [3.8, 4) is 0 Å². The highest BCUT2D eigenvalue weighted by molar-refractivity contribution is 5.92. The first-order chi connectivity index (χ1) is 12.3. The van der Waals surface area contributed by atoms with Crippen LogP contribution in [-0.4, -0.2) is 18.1 Å². The number of esters is 1. The zero-order chi connectivity index (χ0) is 17.3. The molecule has 3 nitrogen and oxygen atoms in total. The summed E-state index contributed by atoms with van der Waals surface area (Å²) in [6, 6.07) is 26.1. The zero-order valence-corrected chi connectivity index (χ0v) is 14.1. The second-order valence-electron chi connectivity index (χ2n) is 6.43. The van der Waals surface area contributed by atoms with Crippen molar-refractivity contribution in [2.45, 2.75) is 17.3 Å². The van der Waals surface area contributed by atoms with Crippen molar-refractivity contribution in [1.29, 1.82) is 0 Å². The largest absolute Gasteiger partial charge is 0.468 e. The molecule has 1 aliphatic rings. The maximum absolute atomic E-state index is 13.0. The van der Waals surface area contributed by atoms with E-state index in [0.29, 0.717) is 6.42 Å². The van der Waals surface area contributed by atoms with E-state index in [1.807, 2.05) is 54.6 Å². The van der Waals surface area contributed by atoms with Gasteiger partial charge in [0.25, 0.3) is 0 Å². The molecule has 124 valence electrons. The van der Waals surface area contributed by atoms with E-state index in [2.05, 4.69) is 29.2 Å². The van der Waals surface area contributed by atoms with Crippen LogP contribution in [0.15, 0.2) is 85.1 Å². The van der Waals surface area contributed by atoms with Gasteiger partial charge in [0.15, 0.2) is 0 Å². The molecule has 1 aromatic heterocycles. The second-order valence-corrected chi connectivity index (χ2v) is 6.43. The first-order valence-corrected chi connectivity index (χ1v) is 8.37. The van der Waals surface area contributed by atoms with Crippen molar-refractivity contribution in [1.82, 2.24) is 4.98 Å². The molecule has 1 heterocycles. The average molecular weight is 329 g/mol. The van der Waals surface area contributed by atoms with E-state index < -0.39 is 10.8 Å². The molecule has 0 radical (unpaired) electrons. The second kappa shape index (κ2) is 5.85. The van der Waals surface area contributed by atoms with E-state index in [1.165, 1.54) is 7.11 Å². The molecule has 0 saturated heterocycles. The van der Waals surface area contributed by atoms with Crippen LogP contribution in [0.3, 0.4) is 0 Å². The third kappa shape index (κ3) is 2.12. The number of ether oxygens (including phenoxy) is 1. The van der Waals surface area contributed by atoms with Crippen LogP contribution in [0.25, 0.3) is 0 Å². The molecule has 3 aromatic rings. The standard InChI is InChI=1S/C22H19NO2/c1-25-20(24)22(19-14-8-9-15-23-19)16-21(22,17-10-4-2-5-11-17)18-12-6-3-7-13-18/h2-15H,16H2,1H3/t22-/m1/s1. The first kappa shape index (κ1) is 15.6. The van der Waals surface area contributed by atoms with Crippen LogP contribution < -0.4 is 0 Å². The number of hydrogen-bond acceptors (Lipinski definition) is 3. The van der Waals surface area contributed by atoms with Crippen molar-refractivity contribution < 1.29 is 9.53 Å². The molecule has 0 amide bonds. The summed E-state index contributed by atoms with van der Waals surface area (Å²) in [4.78, 5) is 17.5. The highest BCUT2D eigenvalue weighted by Gasteiger charge is 2.75. The van der Waals surface area contributed by atoms with Gasteiger partial charge in [-0.25, -0.2) is 0 Å². The van der Waals surface area contributed by atoms with Gasteiger partial charge in [-0.05, 0) is 29.7 Å². The van der Waals surface area contributed by atoms with Crippen molar-refractivity contribution >= 4 is 5.97 Å². The molecule has 2 aromatic carbocycles. The number of methoxy groups -OCH3 is 1. The molecule has 1 atom stereocenters. The van der Waals surface area contributed by atoms with Crippen LogP contribution in [0.5, 0.6) is 0 Å². The lowest BCUT2D eigenvalue weighted by Crippen LogP contribution is -2.33. The molecule has 0 N–H and O–H groups in total. The number of benzene rings is 2. The molecule has 3 heteroatoms.